The zero-order valence-electron chi connectivity index (χ0n) is 19.5. The first kappa shape index (κ1) is 19.9. The minimum atomic E-state index is 1.19. The molecule has 0 fully saturated rings. The molecule has 0 saturated carbocycles. The Hall–Kier alpha value is -4.40. The molecule has 0 aliphatic carbocycles. The molecular formula is C34H21NS. The van der Waals surface area contributed by atoms with Gasteiger partial charge in [-0.3, -0.25) is 0 Å². The van der Waals surface area contributed by atoms with Gasteiger partial charge in [0, 0.05) is 26.5 Å². The molecule has 0 saturated heterocycles. The summed E-state index contributed by atoms with van der Waals surface area (Å²) in [4.78, 5) is 0. The Balaban J connectivity index is 1.56. The van der Waals surface area contributed by atoms with Crippen LogP contribution in [0.5, 0.6) is 0 Å². The molecule has 36 heavy (non-hydrogen) atoms. The molecule has 0 unspecified atom stereocenters. The maximum atomic E-state index is 2.48. The lowest BCUT2D eigenvalue weighted by molar-refractivity contribution is 1.19. The summed E-state index contributed by atoms with van der Waals surface area (Å²) in [6, 6.07) is 44.3. The van der Waals surface area contributed by atoms with Crippen LogP contribution < -0.4 is 0 Å². The van der Waals surface area contributed by atoms with Crippen molar-refractivity contribution in [1.29, 1.82) is 0 Å². The van der Waals surface area contributed by atoms with E-state index in [9.17, 15) is 0 Å². The summed E-state index contributed by atoms with van der Waals surface area (Å²) in [5, 5.41) is 11.4. The number of hydrogen-bond acceptors (Lipinski definition) is 1. The fourth-order valence-electron chi connectivity index (χ4n) is 5.83. The minimum absolute atomic E-state index is 1.19. The predicted octanol–water partition coefficient (Wildman–Crippen LogP) is 9.97. The Labute approximate surface area is 212 Å². The van der Waals surface area contributed by atoms with Crippen molar-refractivity contribution in [2.24, 2.45) is 0 Å². The van der Waals surface area contributed by atoms with E-state index in [-0.39, 0.29) is 0 Å². The predicted molar refractivity (Wildman–Crippen MR) is 157 cm³/mol. The lowest BCUT2D eigenvalue weighted by Crippen LogP contribution is -1.95. The summed E-state index contributed by atoms with van der Waals surface area (Å²) < 4.78 is 3.80. The number of hydrogen-bond donors (Lipinski definition) is 0. The summed E-state index contributed by atoms with van der Waals surface area (Å²) in [6.45, 7) is 0. The topological polar surface area (TPSA) is 4.93 Å². The van der Waals surface area contributed by atoms with Gasteiger partial charge in [-0.15, -0.1) is 11.3 Å². The molecule has 2 heterocycles. The minimum Gasteiger partial charge on any atom is -0.309 e. The van der Waals surface area contributed by atoms with Crippen LogP contribution >= 0.6 is 11.3 Å². The molecule has 2 heteroatoms. The Morgan fingerprint density at radius 1 is 0.500 bits per heavy atom. The molecule has 0 atom stereocenters. The van der Waals surface area contributed by atoms with Crippen molar-refractivity contribution in [2.75, 3.05) is 0 Å². The van der Waals surface area contributed by atoms with E-state index in [0.29, 0.717) is 0 Å². The van der Waals surface area contributed by atoms with Crippen molar-refractivity contribution < 1.29 is 0 Å². The number of fused-ring (bicyclic) bond motifs is 9. The van der Waals surface area contributed by atoms with E-state index in [2.05, 4.69) is 131 Å². The molecule has 0 amide bonds. The van der Waals surface area contributed by atoms with Gasteiger partial charge in [-0.25, -0.2) is 0 Å². The second-order valence-electron chi connectivity index (χ2n) is 9.39. The molecule has 0 bridgehead atoms. The first-order valence-corrected chi connectivity index (χ1v) is 13.2. The van der Waals surface area contributed by atoms with Crippen LogP contribution in [0.3, 0.4) is 0 Å². The quantitative estimate of drug-likeness (QED) is 0.219. The third-order valence-electron chi connectivity index (χ3n) is 7.44. The number of aromatic nitrogens is 1. The van der Waals surface area contributed by atoms with Crippen molar-refractivity contribution in [2.45, 2.75) is 0 Å². The molecule has 0 aliphatic rings. The van der Waals surface area contributed by atoms with Crippen molar-refractivity contribution >= 4 is 64.8 Å². The van der Waals surface area contributed by atoms with Crippen LogP contribution in [0.4, 0.5) is 0 Å². The standard InChI is InChI=1S/C34H21NS/c1-2-8-22(9-3-1)23-14-16-25(17-15-23)35-31-21-32-24(18-19-36-32)20-30(31)33-28-12-6-4-10-26(28)27-11-5-7-13-29(27)34(33)35/h1-21H. The molecule has 0 radical (unpaired) electrons. The fraction of sp³-hybridized carbons (Fsp3) is 0. The van der Waals surface area contributed by atoms with Gasteiger partial charge in [0.1, 0.15) is 0 Å². The van der Waals surface area contributed by atoms with Crippen LogP contribution in [-0.4, -0.2) is 4.57 Å². The van der Waals surface area contributed by atoms with E-state index < -0.39 is 0 Å². The molecular weight excluding hydrogens is 454 g/mol. The van der Waals surface area contributed by atoms with Gasteiger partial charge >= 0.3 is 0 Å². The zero-order valence-corrected chi connectivity index (χ0v) is 20.3. The molecule has 0 spiro atoms. The number of rotatable bonds is 2. The van der Waals surface area contributed by atoms with E-state index in [1.165, 1.54) is 70.3 Å². The van der Waals surface area contributed by atoms with Crippen LogP contribution in [0.25, 0.3) is 70.3 Å². The third-order valence-corrected chi connectivity index (χ3v) is 8.32. The molecule has 2 aromatic heterocycles. The van der Waals surface area contributed by atoms with E-state index >= 15 is 0 Å². The normalized spacial score (nSPS) is 11.9. The highest BCUT2D eigenvalue weighted by Gasteiger charge is 2.19. The van der Waals surface area contributed by atoms with Crippen LogP contribution in [0.1, 0.15) is 0 Å². The van der Waals surface area contributed by atoms with Gasteiger partial charge in [-0.2, -0.15) is 0 Å². The Morgan fingerprint density at radius 3 is 1.92 bits per heavy atom. The SMILES string of the molecule is c1ccc(-c2ccc(-n3c4cc5sccc5cc4c4c5ccccc5c5ccccc5c43)cc2)cc1. The first-order valence-electron chi connectivity index (χ1n) is 12.3. The molecule has 8 rings (SSSR count). The Kier molecular flexibility index (Phi) is 4.16. The molecule has 168 valence electrons. The summed E-state index contributed by atoms with van der Waals surface area (Å²) in [7, 11) is 0. The van der Waals surface area contributed by atoms with Crippen LogP contribution in [0, 0.1) is 0 Å². The second kappa shape index (κ2) is 7.55. The Morgan fingerprint density at radius 2 is 1.14 bits per heavy atom. The smallest absolute Gasteiger partial charge is 0.0625 e. The Bertz CT molecular complexity index is 2080. The highest BCUT2D eigenvalue weighted by Crippen LogP contribution is 2.43. The lowest BCUT2D eigenvalue weighted by Gasteiger charge is -2.13. The van der Waals surface area contributed by atoms with Gasteiger partial charge < -0.3 is 4.57 Å². The van der Waals surface area contributed by atoms with Crippen molar-refractivity contribution in [3.63, 3.8) is 0 Å². The zero-order chi connectivity index (χ0) is 23.6. The monoisotopic (exact) mass is 475 g/mol. The van der Waals surface area contributed by atoms with Gasteiger partial charge in [-0.05, 0) is 68.4 Å². The average Bonchev–Trinajstić information content (AvgIpc) is 3.54. The maximum Gasteiger partial charge on any atom is 0.0625 e. The van der Waals surface area contributed by atoms with E-state index in [4.69, 9.17) is 0 Å². The fourth-order valence-corrected chi connectivity index (χ4v) is 6.64. The van der Waals surface area contributed by atoms with E-state index in [1.54, 1.807) is 0 Å². The van der Waals surface area contributed by atoms with Crippen molar-refractivity contribution in [1.82, 2.24) is 4.57 Å². The molecule has 0 aliphatic heterocycles. The van der Waals surface area contributed by atoms with Crippen molar-refractivity contribution in [3.05, 3.63) is 127 Å². The summed E-state index contributed by atoms with van der Waals surface area (Å²) in [5.41, 5.74) is 6.20. The average molecular weight is 476 g/mol. The van der Waals surface area contributed by atoms with Crippen molar-refractivity contribution in [3.8, 4) is 16.8 Å². The van der Waals surface area contributed by atoms with Crippen LogP contribution in [-0.2, 0) is 0 Å². The van der Waals surface area contributed by atoms with E-state index in [0.717, 1.165) is 0 Å². The van der Waals surface area contributed by atoms with Gasteiger partial charge in [0.2, 0.25) is 0 Å². The largest absolute Gasteiger partial charge is 0.309 e. The van der Waals surface area contributed by atoms with Crippen LogP contribution in [0.15, 0.2) is 127 Å². The number of thiophene rings is 1. The lowest BCUT2D eigenvalue weighted by atomic mass is 9.96. The second-order valence-corrected chi connectivity index (χ2v) is 10.3. The highest BCUT2D eigenvalue weighted by molar-refractivity contribution is 7.17. The van der Waals surface area contributed by atoms with Gasteiger partial charge in [0.05, 0.1) is 11.0 Å². The van der Waals surface area contributed by atoms with Gasteiger partial charge in [0.25, 0.3) is 0 Å². The van der Waals surface area contributed by atoms with Crippen LogP contribution in [0.2, 0.25) is 0 Å². The highest BCUT2D eigenvalue weighted by atomic mass is 32.1. The summed E-state index contributed by atoms with van der Waals surface area (Å²) >= 11 is 1.81. The first-order chi connectivity index (χ1) is 17.9. The number of nitrogens with zero attached hydrogens (tertiary/aromatic N) is 1. The molecule has 8 aromatic rings. The third kappa shape index (κ3) is 2.76. The van der Waals surface area contributed by atoms with Gasteiger partial charge in [-0.1, -0.05) is 91.0 Å². The summed E-state index contributed by atoms with van der Waals surface area (Å²) in [6.07, 6.45) is 0. The maximum absolute atomic E-state index is 2.48. The van der Waals surface area contributed by atoms with E-state index in [1.807, 2.05) is 11.3 Å². The molecule has 1 nitrogen and oxygen atoms in total. The molecule has 6 aromatic carbocycles. The molecule has 0 N–H and O–H groups in total. The number of benzene rings is 6. The van der Waals surface area contributed by atoms with Gasteiger partial charge in [0.15, 0.2) is 0 Å². The summed E-state index contributed by atoms with van der Waals surface area (Å²) in [5.74, 6) is 0.